The van der Waals surface area contributed by atoms with E-state index in [4.69, 9.17) is 21.1 Å². The number of nitrogens with zero attached hydrogens (tertiary/aromatic N) is 1. The summed E-state index contributed by atoms with van der Waals surface area (Å²) in [6.45, 7) is 1.80. The fourth-order valence-corrected chi connectivity index (χ4v) is 6.55. The molecule has 2 aliphatic rings. The van der Waals surface area contributed by atoms with Crippen LogP contribution in [0.4, 0.5) is 5.69 Å². The van der Waals surface area contributed by atoms with Gasteiger partial charge in [-0.1, -0.05) is 29.8 Å². The van der Waals surface area contributed by atoms with Crippen LogP contribution >= 0.6 is 27.5 Å². The molecule has 0 bridgehead atoms. The fraction of sp³-hybridized carbons (Fsp3) is 0.276. The van der Waals surface area contributed by atoms with Crippen LogP contribution in [0.3, 0.4) is 0 Å². The summed E-state index contributed by atoms with van der Waals surface area (Å²) in [6.07, 6.45) is -0.115. The number of benzene rings is 3. The Hall–Kier alpha value is -3.60. The molecule has 2 aliphatic heterocycles. The summed E-state index contributed by atoms with van der Waals surface area (Å²) in [5.41, 5.74) is 0.306. The van der Waals surface area contributed by atoms with Crippen molar-refractivity contribution in [2.45, 2.75) is 24.9 Å². The van der Waals surface area contributed by atoms with Gasteiger partial charge < -0.3 is 19.7 Å². The molecular weight excluding hydrogens is 604 g/mol. The second kappa shape index (κ2) is 10.4. The second-order valence-corrected chi connectivity index (χ2v) is 11.2. The molecular formula is C29H26BrClN2O7. The predicted molar refractivity (Wildman–Crippen MR) is 151 cm³/mol. The summed E-state index contributed by atoms with van der Waals surface area (Å²) in [7, 11) is 2.96. The Morgan fingerprint density at radius 3 is 2.38 bits per heavy atom. The first kappa shape index (κ1) is 27.9. The number of hydrogen-bond donors (Lipinski definition) is 3. The Morgan fingerprint density at radius 1 is 1.07 bits per heavy atom. The van der Waals surface area contributed by atoms with Gasteiger partial charge in [-0.15, -0.1) is 0 Å². The Labute approximate surface area is 243 Å². The number of fused-ring (bicyclic) bond motifs is 1. The maximum Gasteiger partial charge on any atom is 0.325 e. The van der Waals surface area contributed by atoms with E-state index in [0.717, 1.165) is 10.5 Å². The first-order valence-electron chi connectivity index (χ1n) is 12.4. The molecule has 2 heterocycles. The summed E-state index contributed by atoms with van der Waals surface area (Å²) in [5.74, 6) is -3.92. The highest BCUT2D eigenvalue weighted by Gasteiger charge is 2.68. The van der Waals surface area contributed by atoms with E-state index in [1.807, 2.05) is 0 Å². The zero-order valence-corrected chi connectivity index (χ0v) is 24.1. The minimum Gasteiger partial charge on any atom is -0.508 e. The van der Waals surface area contributed by atoms with Gasteiger partial charge in [-0.3, -0.25) is 19.7 Å². The van der Waals surface area contributed by atoms with Crippen molar-refractivity contribution >= 4 is 51.0 Å². The summed E-state index contributed by atoms with van der Waals surface area (Å²) in [6, 6.07) is 13.5. The van der Waals surface area contributed by atoms with Crippen LogP contribution in [0.1, 0.15) is 22.7 Å². The van der Waals surface area contributed by atoms with E-state index in [1.54, 1.807) is 43.3 Å². The molecule has 3 N–H and O–H groups in total. The van der Waals surface area contributed by atoms with Crippen LogP contribution in [0.2, 0.25) is 5.02 Å². The van der Waals surface area contributed by atoms with Crippen molar-refractivity contribution < 1.29 is 34.1 Å². The van der Waals surface area contributed by atoms with Crippen LogP contribution in [0, 0.1) is 18.8 Å². The first-order valence-corrected chi connectivity index (χ1v) is 13.5. The number of carboxylic acids is 1. The Morgan fingerprint density at radius 2 is 1.77 bits per heavy atom. The van der Waals surface area contributed by atoms with Crippen molar-refractivity contribution in [1.82, 2.24) is 5.32 Å². The number of ether oxygens (including phenoxy) is 2. The van der Waals surface area contributed by atoms with Gasteiger partial charge in [0.1, 0.15) is 11.3 Å². The average molecular weight is 630 g/mol. The van der Waals surface area contributed by atoms with Crippen LogP contribution in [-0.2, 0) is 20.8 Å². The molecule has 5 rings (SSSR count). The van der Waals surface area contributed by atoms with Crippen LogP contribution in [-0.4, -0.2) is 47.8 Å². The standard InChI is InChI=1S/C29H26BrClN2O7/c1-14-4-7-17(12-20(14)31)33-26(35)22-23(27(33)36)29(28(37)38,13-15-5-8-18(34)9-6-15)32-24(22)16-10-19(30)25(40-3)21(11-16)39-2/h4-12,22-24,32,34H,13H2,1-3H3,(H,37,38). The molecule has 2 saturated heterocycles. The maximum atomic E-state index is 14.1. The lowest BCUT2D eigenvalue weighted by molar-refractivity contribution is -0.148. The second-order valence-electron chi connectivity index (χ2n) is 9.93. The zero-order chi connectivity index (χ0) is 28.9. The van der Waals surface area contributed by atoms with Crippen LogP contribution in [0.25, 0.3) is 0 Å². The molecule has 2 fully saturated rings. The molecule has 3 aromatic carbocycles. The van der Waals surface area contributed by atoms with E-state index in [2.05, 4.69) is 21.2 Å². The van der Waals surface area contributed by atoms with Gasteiger partial charge in [0, 0.05) is 17.5 Å². The highest BCUT2D eigenvalue weighted by atomic mass is 79.9. The summed E-state index contributed by atoms with van der Waals surface area (Å²) >= 11 is 9.81. The highest BCUT2D eigenvalue weighted by Crippen LogP contribution is 2.52. The van der Waals surface area contributed by atoms with Crippen molar-refractivity contribution in [3.63, 3.8) is 0 Å². The van der Waals surface area contributed by atoms with Gasteiger partial charge in [0.25, 0.3) is 0 Å². The molecule has 4 atom stereocenters. The summed E-state index contributed by atoms with van der Waals surface area (Å²) in [4.78, 5) is 42.3. The molecule has 2 amide bonds. The molecule has 3 aromatic rings. The Bertz CT molecular complexity index is 1530. The number of halogens is 2. The molecule has 4 unspecified atom stereocenters. The average Bonchev–Trinajstić information content (AvgIpc) is 3.40. The van der Waals surface area contributed by atoms with Crippen molar-refractivity contribution in [2.75, 3.05) is 19.1 Å². The van der Waals surface area contributed by atoms with Gasteiger partial charge in [0.05, 0.1) is 36.2 Å². The number of amides is 2. The number of carboxylic acid groups (broad SMARTS) is 1. The smallest absolute Gasteiger partial charge is 0.325 e. The third kappa shape index (κ3) is 4.40. The lowest BCUT2D eigenvalue weighted by Gasteiger charge is -2.31. The number of carbonyl (C=O) groups is 3. The number of aliphatic carboxylic acids is 1. The van der Waals surface area contributed by atoms with Gasteiger partial charge >= 0.3 is 5.97 Å². The lowest BCUT2D eigenvalue weighted by atomic mass is 9.76. The SMILES string of the molecule is COc1cc(C2NC(Cc3ccc(O)cc3)(C(=O)O)C3C(=O)N(c4ccc(C)c(Cl)c4)C(=O)C23)cc(Br)c1OC. The molecule has 11 heteroatoms. The third-order valence-corrected chi connectivity index (χ3v) is 8.68. The number of carbonyl (C=O) groups excluding carboxylic acids is 2. The molecule has 0 aromatic heterocycles. The van der Waals surface area contributed by atoms with Gasteiger partial charge in [0.15, 0.2) is 11.5 Å². The van der Waals surface area contributed by atoms with Crippen molar-refractivity contribution in [1.29, 1.82) is 0 Å². The van der Waals surface area contributed by atoms with Gasteiger partial charge in [-0.2, -0.15) is 0 Å². The van der Waals surface area contributed by atoms with Crippen molar-refractivity contribution in [3.8, 4) is 17.2 Å². The molecule has 208 valence electrons. The number of nitrogens with one attached hydrogen (secondary N) is 1. The van der Waals surface area contributed by atoms with Crippen molar-refractivity contribution in [2.24, 2.45) is 11.8 Å². The monoisotopic (exact) mass is 628 g/mol. The number of phenols is 1. The largest absolute Gasteiger partial charge is 0.508 e. The predicted octanol–water partition coefficient (Wildman–Crippen LogP) is 4.65. The van der Waals surface area contributed by atoms with Crippen molar-refractivity contribution in [3.05, 3.63) is 80.8 Å². The number of aromatic hydroxyl groups is 1. The fourth-order valence-electron chi connectivity index (χ4n) is 5.75. The minimum atomic E-state index is -1.85. The van der Waals surface area contributed by atoms with Crippen LogP contribution < -0.4 is 19.7 Å². The van der Waals surface area contributed by atoms with Gasteiger partial charge in [-0.25, -0.2) is 4.90 Å². The number of hydrogen-bond acceptors (Lipinski definition) is 7. The maximum absolute atomic E-state index is 14.1. The topological polar surface area (TPSA) is 125 Å². The number of phenolic OH excluding ortho intramolecular Hbond substituents is 1. The molecule has 0 spiro atoms. The van der Waals surface area contributed by atoms with Crippen LogP contribution in [0.5, 0.6) is 17.2 Å². The first-order chi connectivity index (χ1) is 19.0. The van der Waals surface area contributed by atoms with Gasteiger partial charge in [0.2, 0.25) is 11.8 Å². The normalized spacial score (nSPS) is 23.8. The molecule has 40 heavy (non-hydrogen) atoms. The lowest BCUT2D eigenvalue weighted by Crippen LogP contribution is -2.57. The number of aryl methyl sites for hydroxylation is 1. The highest BCUT2D eigenvalue weighted by molar-refractivity contribution is 9.10. The molecule has 0 saturated carbocycles. The van der Waals surface area contributed by atoms with E-state index in [-0.39, 0.29) is 17.9 Å². The quantitative estimate of drug-likeness (QED) is 0.323. The number of methoxy groups -OCH3 is 2. The molecule has 9 nitrogen and oxygen atoms in total. The van der Waals surface area contributed by atoms with E-state index in [0.29, 0.717) is 32.1 Å². The van der Waals surface area contributed by atoms with E-state index < -0.39 is 41.2 Å². The van der Waals surface area contributed by atoms with E-state index >= 15 is 0 Å². The third-order valence-electron chi connectivity index (χ3n) is 7.68. The van der Waals surface area contributed by atoms with Gasteiger partial charge in [-0.05, 0) is 75.9 Å². The van der Waals surface area contributed by atoms with Crippen LogP contribution in [0.15, 0.2) is 59.1 Å². The molecule has 0 aliphatic carbocycles. The number of rotatable bonds is 7. The molecule has 0 radical (unpaired) electrons. The minimum absolute atomic E-state index is 0.0213. The Balaban J connectivity index is 1.69. The van der Waals surface area contributed by atoms with E-state index in [1.165, 1.54) is 32.4 Å². The zero-order valence-electron chi connectivity index (χ0n) is 21.8. The number of imide groups is 1. The summed E-state index contributed by atoms with van der Waals surface area (Å²) < 4.78 is 11.5. The Kier molecular flexibility index (Phi) is 7.28. The number of anilines is 1. The summed E-state index contributed by atoms with van der Waals surface area (Å²) in [5, 5.41) is 24.0. The van der Waals surface area contributed by atoms with E-state index in [9.17, 15) is 24.6 Å².